The minimum Gasteiger partial charge on any atom is -0.353 e. The molecule has 2 aliphatic carbocycles. The molecule has 1 amide bonds. The van der Waals surface area contributed by atoms with Gasteiger partial charge in [-0.15, -0.1) is 0 Å². The lowest BCUT2D eigenvalue weighted by Gasteiger charge is -2.35. The zero-order valence-electron chi connectivity index (χ0n) is 20.5. The Morgan fingerprint density at radius 2 is 1.65 bits per heavy atom. The van der Waals surface area contributed by atoms with Crippen LogP contribution in [0.3, 0.4) is 0 Å². The first kappa shape index (κ1) is 22.6. The topological polar surface area (TPSA) is 65.5 Å². The first-order chi connectivity index (χ1) is 18.2. The van der Waals surface area contributed by atoms with Crippen LogP contribution < -0.4 is 10.2 Å². The van der Waals surface area contributed by atoms with Gasteiger partial charge in [-0.2, -0.15) is 4.37 Å². The van der Waals surface area contributed by atoms with Crippen LogP contribution in [0.5, 0.6) is 0 Å². The van der Waals surface area contributed by atoms with Gasteiger partial charge in [-0.3, -0.25) is 14.5 Å². The molecular weight excluding hydrogens is 480 g/mol. The van der Waals surface area contributed by atoms with Crippen LogP contribution >= 0.6 is 11.5 Å². The molecule has 0 bridgehead atoms. The maximum absolute atomic E-state index is 12.9. The van der Waals surface area contributed by atoms with E-state index in [1.165, 1.54) is 10.1 Å². The van der Waals surface area contributed by atoms with E-state index in [1.54, 1.807) is 17.6 Å². The first-order valence-corrected chi connectivity index (χ1v) is 13.8. The maximum atomic E-state index is 12.9. The molecule has 1 N–H and O–H groups in total. The highest BCUT2D eigenvalue weighted by Crippen LogP contribution is 2.39. The average molecular weight is 509 g/mol. The summed E-state index contributed by atoms with van der Waals surface area (Å²) in [6.45, 7) is 5.89. The number of aromatic nitrogens is 1. The second kappa shape index (κ2) is 9.08. The quantitative estimate of drug-likeness (QED) is 0.360. The summed E-state index contributed by atoms with van der Waals surface area (Å²) in [4.78, 5) is 30.6. The fourth-order valence-corrected chi connectivity index (χ4v) is 6.65. The molecule has 0 spiro atoms. The summed E-state index contributed by atoms with van der Waals surface area (Å²) in [6, 6.07) is 21.6. The van der Waals surface area contributed by atoms with Crippen molar-refractivity contribution < 1.29 is 9.59 Å². The van der Waals surface area contributed by atoms with Crippen molar-refractivity contribution in [1.29, 1.82) is 0 Å². The second-order valence-electron chi connectivity index (χ2n) is 10.4. The fraction of sp³-hybridized carbons (Fsp3) is 0.300. The molecule has 1 aromatic heterocycles. The van der Waals surface area contributed by atoms with Crippen molar-refractivity contribution >= 4 is 39.1 Å². The maximum Gasteiger partial charge on any atom is 0.251 e. The van der Waals surface area contributed by atoms with Crippen LogP contribution in [0, 0.1) is 11.8 Å². The number of hydrogen-bond donors (Lipinski definition) is 1. The van der Waals surface area contributed by atoms with E-state index in [0.29, 0.717) is 29.5 Å². The highest BCUT2D eigenvalue weighted by atomic mass is 32.1. The zero-order valence-corrected chi connectivity index (χ0v) is 21.3. The van der Waals surface area contributed by atoms with Gasteiger partial charge in [-0.1, -0.05) is 42.5 Å². The molecule has 2 fully saturated rings. The number of fused-ring (bicyclic) bond motifs is 4. The zero-order chi connectivity index (χ0) is 24.9. The number of rotatable bonds is 6. The normalized spacial score (nSPS) is 20.6. The first-order valence-electron chi connectivity index (χ1n) is 13.0. The van der Waals surface area contributed by atoms with Gasteiger partial charge in [-0.25, -0.2) is 0 Å². The Balaban J connectivity index is 0.900. The Kier molecular flexibility index (Phi) is 5.55. The number of nitrogens with zero attached hydrogens (tertiary/aromatic N) is 3. The van der Waals surface area contributed by atoms with Crippen molar-refractivity contribution in [2.24, 2.45) is 11.8 Å². The van der Waals surface area contributed by atoms with Gasteiger partial charge in [0, 0.05) is 61.3 Å². The van der Waals surface area contributed by atoms with Crippen LogP contribution in [0.4, 0.5) is 5.82 Å². The fourth-order valence-electron chi connectivity index (χ4n) is 5.85. The molecule has 37 heavy (non-hydrogen) atoms. The summed E-state index contributed by atoms with van der Waals surface area (Å²) in [5.74, 6) is 2.21. The van der Waals surface area contributed by atoms with Crippen LogP contribution in [0.1, 0.15) is 32.7 Å². The van der Waals surface area contributed by atoms with Crippen LogP contribution in [-0.2, 0) is 0 Å². The van der Waals surface area contributed by atoms with E-state index in [0.717, 1.165) is 61.7 Å². The molecule has 2 atom stereocenters. The van der Waals surface area contributed by atoms with Crippen molar-refractivity contribution in [3.05, 3.63) is 83.4 Å². The third kappa shape index (κ3) is 4.12. The highest BCUT2D eigenvalue weighted by Gasteiger charge is 2.39. The molecule has 7 heteroatoms. The molecule has 4 aromatic rings. The number of amides is 1. The van der Waals surface area contributed by atoms with Crippen molar-refractivity contribution in [3.8, 4) is 11.1 Å². The van der Waals surface area contributed by atoms with Crippen molar-refractivity contribution in [1.82, 2.24) is 14.6 Å². The molecule has 1 aliphatic heterocycles. The summed E-state index contributed by atoms with van der Waals surface area (Å²) in [7, 11) is 0. The molecule has 0 radical (unpaired) electrons. The van der Waals surface area contributed by atoms with Crippen molar-refractivity contribution in [2.75, 3.05) is 44.2 Å². The van der Waals surface area contributed by atoms with Crippen LogP contribution in [0.25, 0.3) is 21.2 Å². The molecular formula is C30H28N4O2S. The van der Waals surface area contributed by atoms with Crippen LogP contribution in [0.2, 0.25) is 0 Å². The van der Waals surface area contributed by atoms with Crippen molar-refractivity contribution in [3.63, 3.8) is 0 Å². The summed E-state index contributed by atoms with van der Waals surface area (Å²) >= 11 is 1.58. The number of hydrogen-bond acceptors (Lipinski definition) is 6. The Morgan fingerprint density at radius 1 is 0.892 bits per heavy atom. The molecule has 186 valence electrons. The largest absolute Gasteiger partial charge is 0.353 e. The Labute approximate surface area is 220 Å². The average Bonchev–Trinajstić information content (AvgIpc) is 3.43. The van der Waals surface area contributed by atoms with E-state index in [4.69, 9.17) is 4.37 Å². The Morgan fingerprint density at radius 3 is 2.51 bits per heavy atom. The third-order valence-electron chi connectivity index (χ3n) is 8.11. The predicted molar refractivity (Wildman–Crippen MR) is 148 cm³/mol. The van der Waals surface area contributed by atoms with Gasteiger partial charge in [0.2, 0.25) is 0 Å². The predicted octanol–water partition coefficient (Wildman–Crippen LogP) is 4.70. The molecule has 7 rings (SSSR count). The van der Waals surface area contributed by atoms with Gasteiger partial charge in [-0.05, 0) is 65.2 Å². The van der Waals surface area contributed by atoms with E-state index in [2.05, 4.69) is 39.4 Å². The Bertz CT molecular complexity index is 1520. The van der Waals surface area contributed by atoms with E-state index in [1.807, 2.05) is 36.4 Å². The minimum atomic E-state index is -0.0960. The minimum absolute atomic E-state index is 0.00516. The van der Waals surface area contributed by atoms with Gasteiger partial charge < -0.3 is 10.2 Å². The Hall–Kier alpha value is -3.55. The SMILES string of the molecule is O=C(NCC1CC1CN1CCN(c2nsc3ccccc23)CC1)c1ccc2c(c1)C(=O)c1ccccc1-2. The summed E-state index contributed by atoms with van der Waals surface area (Å²) in [5.41, 5.74) is 3.78. The molecule has 3 aromatic carbocycles. The number of anilines is 1. The molecule has 6 nitrogen and oxygen atoms in total. The molecule has 2 unspecified atom stereocenters. The van der Waals surface area contributed by atoms with Gasteiger partial charge in [0.15, 0.2) is 5.78 Å². The number of ketones is 1. The number of carbonyl (C=O) groups is 2. The molecule has 1 saturated carbocycles. The molecule has 2 heterocycles. The monoisotopic (exact) mass is 508 g/mol. The van der Waals surface area contributed by atoms with E-state index >= 15 is 0 Å². The lowest BCUT2D eigenvalue weighted by molar-refractivity contribution is 0.0951. The van der Waals surface area contributed by atoms with E-state index in [9.17, 15) is 9.59 Å². The number of piperazine rings is 1. The van der Waals surface area contributed by atoms with Crippen LogP contribution in [0.15, 0.2) is 66.7 Å². The van der Waals surface area contributed by atoms with E-state index < -0.39 is 0 Å². The van der Waals surface area contributed by atoms with Gasteiger partial charge in [0.25, 0.3) is 5.91 Å². The lowest BCUT2D eigenvalue weighted by atomic mass is 10.0. The van der Waals surface area contributed by atoms with Gasteiger partial charge in [0.1, 0.15) is 5.82 Å². The smallest absolute Gasteiger partial charge is 0.251 e. The van der Waals surface area contributed by atoms with Gasteiger partial charge in [0.05, 0.1) is 4.70 Å². The third-order valence-corrected chi connectivity index (χ3v) is 8.92. The second-order valence-corrected chi connectivity index (χ2v) is 11.2. The van der Waals surface area contributed by atoms with E-state index in [-0.39, 0.29) is 11.7 Å². The molecule has 1 saturated heterocycles. The number of nitrogens with one attached hydrogen (secondary N) is 1. The van der Waals surface area contributed by atoms with Crippen molar-refractivity contribution in [2.45, 2.75) is 6.42 Å². The lowest BCUT2D eigenvalue weighted by Crippen LogP contribution is -2.47. The number of benzene rings is 3. The van der Waals surface area contributed by atoms with Gasteiger partial charge >= 0.3 is 0 Å². The summed E-state index contributed by atoms with van der Waals surface area (Å²) in [6.07, 6.45) is 1.16. The van der Waals surface area contributed by atoms with Crippen LogP contribution in [-0.4, -0.2) is 60.2 Å². The molecule has 3 aliphatic rings. The number of carbonyl (C=O) groups excluding carboxylic acids is 2. The summed E-state index contributed by atoms with van der Waals surface area (Å²) in [5, 5.41) is 4.37. The standard InChI is InChI=1S/C30H28N4O2S/c35-28-24-6-2-1-5-22(24)23-10-9-19(16-26(23)28)30(36)31-17-20-15-21(20)18-33-11-13-34(14-12-33)29-25-7-3-4-8-27(25)37-32-29/h1-10,16,20-21H,11-15,17-18H2,(H,31,36). The highest BCUT2D eigenvalue weighted by molar-refractivity contribution is 7.13. The summed E-state index contributed by atoms with van der Waals surface area (Å²) < 4.78 is 5.97.